The molecule has 8 nitrogen and oxygen atoms in total. The predicted molar refractivity (Wildman–Crippen MR) is 127 cm³/mol. The number of benzene rings is 2. The summed E-state index contributed by atoms with van der Waals surface area (Å²) >= 11 is 0. The number of anilines is 2. The first-order valence-corrected chi connectivity index (χ1v) is 12.8. The van der Waals surface area contributed by atoms with Gasteiger partial charge in [-0.05, 0) is 43.5 Å². The normalized spacial score (nSPS) is 17.5. The van der Waals surface area contributed by atoms with Crippen LogP contribution in [0.3, 0.4) is 0 Å². The van der Waals surface area contributed by atoms with E-state index >= 15 is 0 Å². The number of carbonyl (C=O) groups excluding carboxylic acids is 1. The fraction of sp³-hybridized carbons (Fsp3) is 0.458. The summed E-state index contributed by atoms with van der Waals surface area (Å²) in [6, 6.07) is 12.4. The van der Waals surface area contributed by atoms with Gasteiger partial charge in [-0.2, -0.15) is 4.31 Å². The molecule has 9 heteroatoms. The topological polar surface area (TPSA) is 88.2 Å². The van der Waals surface area contributed by atoms with Gasteiger partial charge in [0.2, 0.25) is 15.9 Å². The maximum Gasteiger partial charge on any atom is 0.243 e. The fourth-order valence-electron chi connectivity index (χ4n) is 4.34. The van der Waals surface area contributed by atoms with Gasteiger partial charge in [0.25, 0.3) is 0 Å². The Bertz CT molecular complexity index is 1080. The molecule has 2 aliphatic rings. The summed E-state index contributed by atoms with van der Waals surface area (Å²) in [6.45, 7) is 3.18. The predicted octanol–water partition coefficient (Wildman–Crippen LogP) is 2.89. The van der Waals surface area contributed by atoms with Gasteiger partial charge in [0.1, 0.15) is 5.75 Å². The summed E-state index contributed by atoms with van der Waals surface area (Å²) < 4.78 is 38.5. The van der Waals surface area contributed by atoms with Crippen LogP contribution in [0.4, 0.5) is 11.4 Å². The van der Waals surface area contributed by atoms with E-state index in [0.29, 0.717) is 37.7 Å². The number of carbonyl (C=O) groups is 1. The van der Waals surface area contributed by atoms with Crippen molar-refractivity contribution in [1.29, 1.82) is 0 Å². The van der Waals surface area contributed by atoms with Crippen LogP contribution in [0, 0.1) is 0 Å². The van der Waals surface area contributed by atoms with Crippen LogP contribution in [0.5, 0.6) is 5.75 Å². The average Bonchev–Trinajstić information content (AvgIpc) is 2.85. The minimum absolute atomic E-state index is 0.129. The van der Waals surface area contributed by atoms with Crippen LogP contribution in [-0.2, 0) is 26.0 Å². The number of nitrogens with one attached hydrogen (secondary N) is 1. The van der Waals surface area contributed by atoms with Crippen LogP contribution in [0.15, 0.2) is 47.4 Å². The van der Waals surface area contributed by atoms with Crippen LogP contribution < -0.4 is 15.0 Å². The highest BCUT2D eigenvalue weighted by Crippen LogP contribution is 2.32. The molecule has 1 amide bonds. The quantitative estimate of drug-likeness (QED) is 0.665. The number of piperidine rings is 1. The Morgan fingerprint density at radius 1 is 1.03 bits per heavy atom. The molecule has 0 spiro atoms. The molecule has 2 aromatic rings. The molecule has 0 aromatic heterocycles. The third kappa shape index (κ3) is 5.48. The molecule has 2 heterocycles. The summed E-state index contributed by atoms with van der Waals surface area (Å²) in [7, 11) is -2.10. The van der Waals surface area contributed by atoms with Gasteiger partial charge in [-0.25, -0.2) is 8.42 Å². The first kappa shape index (κ1) is 23.5. The third-order valence-electron chi connectivity index (χ3n) is 6.09. The van der Waals surface area contributed by atoms with Gasteiger partial charge in [-0.1, -0.05) is 18.2 Å². The second-order valence-electron chi connectivity index (χ2n) is 8.28. The van der Waals surface area contributed by atoms with Crippen molar-refractivity contribution in [2.75, 3.05) is 56.7 Å². The lowest BCUT2D eigenvalue weighted by Gasteiger charge is -2.31. The maximum absolute atomic E-state index is 13.2. The van der Waals surface area contributed by atoms with Crippen molar-refractivity contribution in [1.82, 2.24) is 4.31 Å². The minimum atomic E-state index is -3.67. The molecule has 2 fully saturated rings. The Morgan fingerprint density at radius 2 is 1.76 bits per heavy atom. The highest BCUT2D eigenvalue weighted by atomic mass is 32.2. The molecule has 1 N–H and O–H groups in total. The van der Waals surface area contributed by atoms with E-state index < -0.39 is 10.0 Å². The Labute approximate surface area is 195 Å². The van der Waals surface area contributed by atoms with Crippen LogP contribution in [0.2, 0.25) is 0 Å². The van der Waals surface area contributed by atoms with Crippen LogP contribution >= 0.6 is 0 Å². The summed E-state index contributed by atoms with van der Waals surface area (Å²) in [5.74, 6) is 0.422. The van der Waals surface area contributed by atoms with Gasteiger partial charge < -0.3 is 19.7 Å². The number of nitrogens with zero attached hydrogens (tertiary/aromatic N) is 2. The number of rotatable bonds is 7. The molecule has 0 bridgehead atoms. The molecule has 2 aromatic carbocycles. The van der Waals surface area contributed by atoms with Crippen LogP contribution in [0.1, 0.15) is 24.8 Å². The number of para-hydroxylation sites is 1. The number of sulfonamides is 1. The number of hydrogen-bond donors (Lipinski definition) is 1. The average molecular weight is 474 g/mol. The van der Waals surface area contributed by atoms with Gasteiger partial charge >= 0.3 is 0 Å². The standard InChI is InChI=1S/C24H31N3O5S/c1-31-23-8-4-3-7-19(23)17-24(28)25-21-18-20(33(29,30)27-13-15-32-16-14-27)9-10-22(21)26-11-5-2-6-12-26/h3-4,7-10,18H,2,5-6,11-17H2,1H3,(H,25,28). The molecular weight excluding hydrogens is 442 g/mol. The Kier molecular flexibility index (Phi) is 7.52. The van der Waals surface area contributed by atoms with Gasteiger partial charge in [0.05, 0.1) is 43.0 Å². The molecule has 0 aliphatic carbocycles. The maximum atomic E-state index is 13.2. The minimum Gasteiger partial charge on any atom is -0.496 e. The van der Waals surface area contributed by atoms with Gasteiger partial charge in [-0.15, -0.1) is 0 Å². The molecule has 4 rings (SSSR count). The summed E-state index contributed by atoms with van der Waals surface area (Å²) in [5.41, 5.74) is 2.14. The Morgan fingerprint density at radius 3 is 2.48 bits per heavy atom. The Hall–Kier alpha value is -2.62. The van der Waals surface area contributed by atoms with Crippen LogP contribution in [0.25, 0.3) is 0 Å². The molecule has 2 aliphatic heterocycles. The largest absolute Gasteiger partial charge is 0.496 e. The fourth-order valence-corrected chi connectivity index (χ4v) is 5.77. The third-order valence-corrected chi connectivity index (χ3v) is 7.98. The van der Waals surface area contributed by atoms with E-state index in [2.05, 4.69) is 10.2 Å². The van der Waals surface area contributed by atoms with Crippen LogP contribution in [-0.4, -0.2) is 65.1 Å². The lowest BCUT2D eigenvalue weighted by atomic mass is 10.1. The zero-order valence-electron chi connectivity index (χ0n) is 19.0. The summed E-state index contributed by atoms with van der Waals surface area (Å²) in [6.07, 6.45) is 3.45. The van der Waals surface area contributed by atoms with Gasteiger partial charge in [-0.3, -0.25) is 4.79 Å². The summed E-state index contributed by atoms with van der Waals surface area (Å²) in [4.78, 5) is 15.4. The van der Waals surface area contributed by atoms with E-state index in [1.54, 1.807) is 19.2 Å². The van der Waals surface area contributed by atoms with E-state index in [4.69, 9.17) is 9.47 Å². The van der Waals surface area contributed by atoms with E-state index in [-0.39, 0.29) is 17.2 Å². The number of methoxy groups -OCH3 is 1. The molecule has 178 valence electrons. The lowest BCUT2D eigenvalue weighted by Crippen LogP contribution is -2.40. The first-order chi connectivity index (χ1) is 16.0. The van der Waals surface area contributed by atoms with Crippen molar-refractivity contribution in [3.63, 3.8) is 0 Å². The number of hydrogen-bond acceptors (Lipinski definition) is 6. The smallest absolute Gasteiger partial charge is 0.243 e. The van der Waals surface area contributed by atoms with Crippen molar-refractivity contribution in [3.8, 4) is 5.75 Å². The zero-order valence-corrected chi connectivity index (χ0v) is 19.8. The molecule has 0 saturated carbocycles. The van der Waals surface area contributed by atoms with Crippen molar-refractivity contribution >= 4 is 27.3 Å². The second kappa shape index (κ2) is 10.5. The molecule has 0 unspecified atom stereocenters. The van der Waals surface area contributed by atoms with Crippen molar-refractivity contribution < 1.29 is 22.7 Å². The molecule has 33 heavy (non-hydrogen) atoms. The molecule has 0 radical (unpaired) electrons. The highest BCUT2D eigenvalue weighted by molar-refractivity contribution is 7.89. The second-order valence-corrected chi connectivity index (χ2v) is 10.2. The van der Waals surface area contributed by atoms with Gasteiger partial charge in [0, 0.05) is 31.7 Å². The van der Waals surface area contributed by atoms with Crippen molar-refractivity contribution in [3.05, 3.63) is 48.0 Å². The summed E-state index contributed by atoms with van der Waals surface area (Å²) in [5, 5.41) is 2.98. The number of amides is 1. The number of morpholine rings is 1. The van der Waals surface area contributed by atoms with E-state index in [0.717, 1.165) is 37.2 Å². The first-order valence-electron chi connectivity index (χ1n) is 11.4. The molecule has 0 atom stereocenters. The van der Waals surface area contributed by atoms with Gasteiger partial charge in [0.15, 0.2) is 0 Å². The monoisotopic (exact) mass is 473 g/mol. The SMILES string of the molecule is COc1ccccc1CC(=O)Nc1cc(S(=O)(=O)N2CCOCC2)ccc1N1CCCCC1. The lowest BCUT2D eigenvalue weighted by molar-refractivity contribution is -0.115. The Balaban J connectivity index is 1.62. The van der Waals surface area contributed by atoms with E-state index in [9.17, 15) is 13.2 Å². The zero-order chi connectivity index (χ0) is 23.3. The van der Waals surface area contributed by atoms with E-state index in [1.165, 1.54) is 10.7 Å². The number of ether oxygens (including phenoxy) is 2. The van der Waals surface area contributed by atoms with E-state index in [1.807, 2.05) is 30.3 Å². The van der Waals surface area contributed by atoms with Crippen molar-refractivity contribution in [2.24, 2.45) is 0 Å². The van der Waals surface area contributed by atoms with Crippen molar-refractivity contribution in [2.45, 2.75) is 30.6 Å². The molecule has 2 saturated heterocycles. The highest BCUT2D eigenvalue weighted by Gasteiger charge is 2.28. The molecular formula is C24H31N3O5S.